The minimum atomic E-state index is -1.06. The van der Waals surface area contributed by atoms with E-state index in [9.17, 15) is 14.7 Å². The van der Waals surface area contributed by atoms with Crippen molar-refractivity contribution in [1.29, 1.82) is 0 Å². The Kier molecular flexibility index (Phi) is 5.64. The van der Waals surface area contributed by atoms with Crippen molar-refractivity contribution in [3.05, 3.63) is 53.6 Å². The van der Waals surface area contributed by atoms with Gasteiger partial charge in [-0.1, -0.05) is 6.92 Å². The Hall–Kier alpha value is -3.02. The largest absolute Gasteiger partial charge is 0.497 e. The first-order chi connectivity index (χ1) is 13.0. The fourth-order valence-electron chi connectivity index (χ4n) is 3.38. The van der Waals surface area contributed by atoms with Crippen molar-refractivity contribution < 1.29 is 19.4 Å². The third kappa shape index (κ3) is 4.39. The molecule has 2 N–H and O–H groups in total. The summed E-state index contributed by atoms with van der Waals surface area (Å²) in [5, 5.41) is 12.3. The molecule has 2 aromatic rings. The summed E-state index contributed by atoms with van der Waals surface area (Å²) in [4.78, 5) is 26.4. The van der Waals surface area contributed by atoms with Gasteiger partial charge in [0.2, 0.25) is 0 Å². The van der Waals surface area contributed by atoms with E-state index in [0.717, 1.165) is 25.2 Å². The standard InChI is InChI=1S/C21H24N2O4/c1-14-4-3-11-23(13-14)16-7-10-19(18(12-16)21(25)26)22-20(24)15-5-8-17(27-2)9-6-15/h5-10,12,14H,3-4,11,13H2,1-2H3,(H,22,24)(H,25,26)/t14-/m0/s1. The second-order valence-electron chi connectivity index (χ2n) is 6.91. The van der Waals surface area contributed by atoms with E-state index in [1.807, 2.05) is 6.07 Å². The van der Waals surface area contributed by atoms with Gasteiger partial charge in [-0.15, -0.1) is 0 Å². The Labute approximate surface area is 158 Å². The van der Waals surface area contributed by atoms with Crippen molar-refractivity contribution in [1.82, 2.24) is 0 Å². The summed E-state index contributed by atoms with van der Waals surface area (Å²) in [5.41, 5.74) is 1.69. The monoisotopic (exact) mass is 368 g/mol. The summed E-state index contributed by atoms with van der Waals surface area (Å²) in [6, 6.07) is 11.8. The Morgan fingerprint density at radius 1 is 1.19 bits per heavy atom. The van der Waals surface area contributed by atoms with Crippen molar-refractivity contribution >= 4 is 23.3 Å². The first-order valence-corrected chi connectivity index (χ1v) is 9.05. The molecule has 0 radical (unpaired) electrons. The van der Waals surface area contributed by atoms with E-state index in [0.29, 0.717) is 17.2 Å². The van der Waals surface area contributed by atoms with E-state index in [1.165, 1.54) is 6.42 Å². The van der Waals surface area contributed by atoms with Crippen molar-refractivity contribution in [3.8, 4) is 5.75 Å². The highest BCUT2D eigenvalue weighted by molar-refractivity contribution is 6.08. The minimum absolute atomic E-state index is 0.0904. The fraction of sp³-hybridized carbons (Fsp3) is 0.333. The van der Waals surface area contributed by atoms with Gasteiger partial charge in [0.15, 0.2) is 0 Å². The van der Waals surface area contributed by atoms with Gasteiger partial charge in [0.25, 0.3) is 5.91 Å². The number of benzene rings is 2. The summed E-state index contributed by atoms with van der Waals surface area (Å²) in [6.07, 6.45) is 2.29. The van der Waals surface area contributed by atoms with Crippen LogP contribution >= 0.6 is 0 Å². The number of rotatable bonds is 5. The Morgan fingerprint density at radius 3 is 2.56 bits per heavy atom. The zero-order chi connectivity index (χ0) is 19.4. The summed E-state index contributed by atoms with van der Waals surface area (Å²) in [7, 11) is 1.55. The number of aromatic carboxylic acids is 1. The lowest BCUT2D eigenvalue weighted by molar-refractivity contribution is 0.0698. The lowest BCUT2D eigenvalue weighted by Gasteiger charge is -2.33. The quantitative estimate of drug-likeness (QED) is 0.837. The van der Waals surface area contributed by atoms with Gasteiger partial charge in [-0.05, 0) is 61.2 Å². The third-order valence-corrected chi connectivity index (χ3v) is 4.86. The smallest absolute Gasteiger partial charge is 0.337 e. The highest BCUT2D eigenvalue weighted by atomic mass is 16.5. The van der Waals surface area contributed by atoms with Crippen molar-refractivity contribution in [2.24, 2.45) is 5.92 Å². The maximum absolute atomic E-state index is 12.5. The summed E-state index contributed by atoms with van der Waals surface area (Å²) >= 11 is 0. The van der Waals surface area contributed by atoms with Crippen LogP contribution < -0.4 is 15.0 Å². The van der Waals surface area contributed by atoms with Crippen LogP contribution in [0.3, 0.4) is 0 Å². The molecule has 0 spiro atoms. The van der Waals surface area contributed by atoms with Gasteiger partial charge >= 0.3 is 5.97 Å². The van der Waals surface area contributed by atoms with Crippen LogP contribution in [0.25, 0.3) is 0 Å². The van der Waals surface area contributed by atoms with Crippen LogP contribution in [0, 0.1) is 5.92 Å². The molecule has 1 atom stereocenters. The Morgan fingerprint density at radius 2 is 1.93 bits per heavy atom. The first kappa shape index (κ1) is 18.8. The topological polar surface area (TPSA) is 78.9 Å². The van der Waals surface area contributed by atoms with Crippen LogP contribution in [-0.2, 0) is 0 Å². The van der Waals surface area contributed by atoms with Gasteiger partial charge < -0.3 is 20.1 Å². The van der Waals surface area contributed by atoms with Gasteiger partial charge in [0.05, 0.1) is 18.4 Å². The lowest BCUT2D eigenvalue weighted by atomic mass is 9.99. The molecule has 2 aromatic carbocycles. The van der Waals surface area contributed by atoms with E-state index < -0.39 is 5.97 Å². The molecule has 3 rings (SSSR count). The second kappa shape index (κ2) is 8.12. The van der Waals surface area contributed by atoms with Crippen molar-refractivity contribution in [2.45, 2.75) is 19.8 Å². The number of methoxy groups -OCH3 is 1. The molecule has 6 heteroatoms. The van der Waals surface area contributed by atoms with Gasteiger partial charge in [-0.3, -0.25) is 4.79 Å². The number of amides is 1. The van der Waals surface area contributed by atoms with Crippen LogP contribution in [0.1, 0.15) is 40.5 Å². The number of hydrogen-bond donors (Lipinski definition) is 2. The number of anilines is 2. The van der Waals surface area contributed by atoms with Crippen LogP contribution in [0.15, 0.2) is 42.5 Å². The third-order valence-electron chi connectivity index (χ3n) is 4.86. The zero-order valence-electron chi connectivity index (χ0n) is 15.6. The van der Waals surface area contributed by atoms with Gasteiger partial charge in [-0.2, -0.15) is 0 Å². The van der Waals surface area contributed by atoms with Gasteiger partial charge in [0.1, 0.15) is 5.75 Å². The average Bonchev–Trinajstić information content (AvgIpc) is 2.68. The Bertz CT molecular complexity index is 833. The number of piperidine rings is 1. The highest BCUT2D eigenvalue weighted by Gasteiger charge is 2.20. The van der Waals surface area contributed by atoms with E-state index in [4.69, 9.17) is 4.74 Å². The van der Waals surface area contributed by atoms with Crippen molar-refractivity contribution in [3.63, 3.8) is 0 Å². The van der Waals surface area contributed by atoms with Crippen LogP contribution in [0.2, 0.25) is 0 Å². The van der Waals surface area contributed by atoms with Gasteiger partial charge in [0, 0.05) is 24.3 Å². The first-order valence-electron chi connectivity index (χ1n) is 9.05. The molecule has 1 aliphatic rings. The molecule has 1 saturated heterocycles. The molecule has 1 fully saturated rings. The maximum Gasteiger partial charge on any atom is 0.337 e. The van der Waals surface area contributed by atoms with Crippen LogP contribution in [0.4, 0.5) is 11.4 Å². The maximum atomic E-state index is 12.5. The molecule has 27 heavy (non-hydrogen) atoms. The normalized spacial score (nSPS) is 16.7. The second-order valence-corrected chi connectivity index (χ2v) is 6.91. The zero-order valence-corrected chi connectivity index (χ0v) is 15.6. The van der Waals surface area contributed by atoms with E-state index in [-0.39, 0.29) is 17.2 Å². The average molecular weight is 368 g/mol. The lowest BCUT2D eigenvalue weighted by Crippen LogP contribution is -2.34. The number of hydrogen-bond acceptors (Lipinski definition) is 4. The number of nitrogens with one attached hydrogen (secondary N) is 1. The number of ether oxygens (including phenoxy) is 1. The summed E-state index contributed by atoms with van der Waals surface area (Å²) in [5.74, 6) is -0.189. The number of carbonyl (C=O) groups is 2. The molecular weight excluding hydrogens is 344 g/mol. The van der Waals surface area contributed by atoms with E-state index >= 15 is 0 Å². The summed E-state index contributed by atoms with van der Waals surface area (Å²) in [6.45, 7) is 4.03. The predicted octanol–water partition coefficient (Wildman–Crippen LogP) is 3.88. The van der Waals surface area contributed by atoms with Gasteiger partial charge in [-0.25, -0.2) is 4.79 Å². The molecule has 0 unspecified atom stereocenters. The predicted molar refractivity (Wildman–Crippen MR) is 105 cm³/mol. The molecule has 1 aliphatic heterocycles. The summed E-state index contributed by atoms with van der Waals surface area (Å²) < 4.78 is 5.08. The van der Waals surface area contributed by atoms with E-state index in [2.05, 4.69) is 17.1 Å². The minimum Gasteiger partial charge on any atom is -0.497 e. The molecular formula is C21H24N2O4. The van der Waals surface area contributed by atoms with Crippen LogP contribution in [-0.4, -0.2) is 37.2 Å². The molecule has 142 valence electrons. The van der Waals surface area contributed by atoms with E-state index in [1.54, 1.807) is 43.5 Å². The molecule has 0 saturated carbocycles. The Balaban J connectivity index is 1.81. The van der Waals surface area contributed by atoms with Crippen molar-refractivity contribution in [2.75, 3.05) is 30.4 Å². The van der Waals surface area contributed by atoms with Crippen LogP contribution in [0.5, 0.6) is 5.75 Å². The number of carboxylic acid groups (broad SMARTS) is 1. The number of nitrogens with zero attached hydrogens (tertiary/aromatic N) is 1. The molecule has 6 nitrogen and oxygen atoms in total. The molecule has 0 aromatic heterocycles. The fourth-order valence-corrected chi connectivity index (χ4v) is 3.38. The SMILES string of the molecule is COc1ccc(C(=O)Nc2ccc(N3CCC[C@H](C)C3)cc2C(=O)O)cc1. The molecule has 1 heterocycles. The number of carboxylic acids is 1. The number of carbonyl (C=O) groups excluding carboxylic acids is 1. The highest BCUT2D eigenvalue weighted by Crippen LogP contribution is 2.28. The molecule has 1 amide bonds. The molecule has 0 bridgehead atoms. The molecule has 0 aliphatic carbocycles.